The van der Waals surface area contributed by atoms with Gasteiger partial charge in [-0.3, -0.25) is 4.79 Å². The smallest absolute Gasteiger partial charge is 0.319 e. The predicted molar refractivity (Wildman–Crippen MR) is 47.7 cm³/mol. The van der Waals surface area contributed by atoms with Crippen LogP contribution in [-0.2, 0) is 14.3 Å². The molecule has 3 atom stereocenters. The van der Waals surface area contributed by atoms with Gasteiger partial charge in [-0.2, -0.15) is 0 Å². The minimum atomic E-state index is -0.807. The molecule has 2 aliphatic rings. The fourth-order valence-electron chi connectivity index (χ4n) is 1.75. The van der Waals surface area contributed by atoms with Crippen molar-refractivity contribution < 1.29 is 19.4 Å². The van der Waals surface area contributed by atoms with Crippen LogP contribution in [0.4, 0.5) is 0 Å². The summed E-state index contributed by atoms with van der Waals surface area (Å²) in [5, 5.41) is 8.41. The van der Waals surface area contributed by atoms with Crippen LogP contribution < -0.4 is 0 Å². The maximum absolute atomic E-state index is 10.8. The van der Waals surface area contributed by atoms with E-state index >= 15 is 0 Å². The lowest BCUT2D eigenvalue weighted by Crippen LogP contribution is -2.33. The van der Waals surface area contributed by atoms with E-state index in [2.05, 4.69) is 0 Å². The van der Waals surface area contributed by atoms with E-state index in [4.69, 9.17) is 14.6 Å². The number of aliphatic carboxylic acids is 1. The van der Waals surface area contributed by atoms with Gasteiger partial charge >= 0.3 is 5.97 Å². The fraction of sp³-hybridized carbons (Fsp3) is 0.875. The molecular formula is C8H12O4S. The molecule has 4 nitrogen and oxygen atoms in total. The molecule has 0 aromatic carbocycles. The van der Waals surface area contributed by atoms with Crippen molar-refractivity contribution >= 4 is 17.7 Å². The summed E-state index contributed by atoms with van der Waals surface area (Å²) in [5.74, 6) is -0.714. The van der Waals surface area contributed by atoms with Crippen molar-refractivity contribution in [2.75, 3.05) is 5.75 Å². The van der Waals surface area contributed by atoms with Crippen molar-refractivity contribution in [2.45, 2.75) is 37.1 Å². The Morgan fingerprint density at radius 3 is 2.85 bits per heavy atom. The highest BCUT2D eigenvalue weighted by Crippen LogP contribution is 2.41. The van der Waals surface area contributed by atoms with Crippen LogP contribution in [0.1, 0.15) is 13.8 Å². The minimum absolute atomic E-state index is 0.0545. The summed E-state index contributed by atoms with van der Waals surface area (Å²) in [6.07, 6.45) is -0.335. The van der Waals surface area contributed by atoms with Crippen LogP contribution in [0, 0.1) is 0 Å². The van der Waals surface area contributed by atoms with E-state index in [1.165, 1.54) is 11.8 Å². The zero-order chi connectivity index (χ0) is 9.64. The van der Waals surface area contributed by atoms with E-state index in [1.807, 2.05) is 13.8 Å². The quantitative estimate of drug-likeness (QED) is 0.681. The van der Waals surface area contributed by atoms with E-state index in [0.717, 1.165) is 0 Å². The summed E-state index contributed by atoms with van der Waals surface area (Å²) in [7, 11) is 0. The van der Waals surface area contributed by atoms with Gasteiger partial charge in [0.05, 0.1) is 6.10 Å². The van der Waals surface area contributed by atoms with Crippen LogP contribution in [-0.4, -0.2) is 40.1 Å². The maximum Gasteiger partial charge on any atom is 0.319 e. The Morgan fingerprint density at radius 1 is 1.54 bits per heavy atom. The lowest BCUT2D eigenvalue weighted by atomic mass is 10.2. The van der Waals surface area contributed by atoms with Crippen molar-refractivity contribution in [1.29, 1.82) is 0 Å². The molecule has 5 heteroatoms. The summed E-state index contributed by atoms with van der Waals surface area (Å²) in [6.45, 7) is 3.63. The van der Waals surface area contributed by atoms with Gasteiger partial charge in [-0.25, -0.2) is 0 Å². The first-order valence-corrected chi connectivity index (χ1v) is 5.24. The monoisotopic (exact) mass is 204 g/mol. The van der Waals surface area contributed by atoms with Gasteiger partial charge < -0.3 is 14.6 Å². The molecule has 2 saturated heterocycles. The molecule has 2 aliphatic heterocycles. The molecule has 0 saturated carbocycles. The SMILES string of the molecule is CC1(C)O[C@H]2[C@H](CS[C@@H]2C(=O)O)O1. The Bertz CT molecular complexity index is 240. The van der Waals surface area contributed by atoms with Crippen molar-refractivity contribution in [3.8, 4) is 0 Å². The van der Waals surface area contributed by atoms with E-state index in [1.54, 1.807) is 0 Å². The van der Waals surface area contributed by atoms with Crippen molar-refractivity contribution in [1.82, 2.24) is 0 Å². The first kappa shape index (κ1) is 9.30. The summed E-state index contributed by atoms with van der Waals surface area (Å²) in [5.41, 5.74) is 0. The lowest BCUT2D eigenvalue weighted by Gasteiger charge is -2.19. The highest BCUT2D eigenvalue weighted by Gasteiger charge is 2.52. The molecule has 0 bridgehead atoms. The summed E-state index contributed by atoms with van der Waals surface area (Å²) in [4.78, 5) is 10.8. The predicted octanol–water partition coefficient (Wildman–Crippen LogP) is 0.706. The van der Waals surface area contributed by atoms with E-state index in [-0.39, 0.29) is 12.2 Å². The zero-order valence-corrected chi connectivity index (χ0v) is 8.34. The van der Waals surface area contributed by atoms with Gasteiger partial charge in [-0.05, 0) is 13.8 Å². The van der Waals surface area contributed by atoms with Crippen molar-refractivity contribution in [3.63, 3.8) is 0 Å². The normalized spacial score (nSPS) is 41.8. The van der Waals surface area contributed by atoms with Gasteiger partial charge in [0.25, 0.3) is 0 Å². The highest BCUT2D eigenvalue weighted by molar-refractivity contribution is 8.01. The number of carboxylic acids is 1. The topological polar surface area (TPSA) is 55.8 Å². The molecule has 0 radical (unpaired) electrons. The number of rotatable bonds is 1. The summed E-state index contributed by atoms with van der Waals surface area (Å²) in [6, 6.07) is 0. The third-order valence-electron chi connectivity index (χ3n) is 2.20. The second kappa shape index (κ2) is 2.87. The average Bonchev–Trinajstić information content (AvgIpc) is 2.41. The maximum atomic E-state index is 10.8. The standard InChI is InChI=1S/C8H12O4S/c1-8(2)11-4-3-13-6(7(9)10)5(4)12-8/h4-6H,3H2,1-2H3,(H,9,10)/t4-,5-,6-/m0/s1. The number of fused-ring (bicyclic) bond motifs is 1. The molecular weight excluding hydrogens is 192 g/mol. The van der Waals surface area contributed by atoms with Crippen LogP contribution in [0.2, 0.25) is 0 Å². The molecule has 0 spiro atoms. The summed E-state index contributed by atoms with van der Waals surface area (Å²) < 4.78 is 11.1. The van der Waals surface area contributed by atoms with Crippen LogP contribution >= 0.6 is 11.8 Å². The molecule has 1 N–H and O–H groups in total. The van der Waals surface area contributed by atoms with Crippen molar-refractivity contribution in [3.05, 3.63) is 0 Å². The number of hydrogen-bond donors (Lipinski definition) is 1. The van der Waals surface area contributed by atoms with E-state index in [0.29, 0.717) is 5.75 Å². The summed E-state index contributed by atoms with van der Waals surface area (Å²) >= 11 is 1.39. The third kappa shape index (κ3) is 1.56. The Morgan fingerprint density at radius 2 is 2.23 bits per heavy atom. The van der Waals surface area contributed by atoms with Crippen LogP contribution in [0.15, 0.2) is 0 Å². The molecule has 13 heavy (non-hydrogen) atoms. The highest BCUT2D eigenvalue weighted by atomic mass is 32.2. The lowest BCUT2D eigenvalue weighted by molar-refractivity contribution is -0.151. The Labute approximate surface area is 80.6 Å². The van der Waals surface area contributed by atoms with Crippen LogP contribution in [0.3, 0.4) is 0 Å². The number of carboxylic acid groups (broad SMARTS) is 1. The van der Waals surface area contributed by atoms with E-state index < -0.39 is 17.0 Å². The number of hydrogen-bond acceptors (Lipinski definition) is 4. The van der Waals surface area contributed by atoms with E-state index in [9.17, 15) is 4.79 Å². The van der Waals surface area contributed by atoms with Gasteiger partial charge in [0, 0.05) is 5.75 Å². The number of carbonyl (C=O) groups is 1. The Kier molecular flexibility index (Phi) is 2.05. The zero-order valence-electron chi connectivity index (χ0n) is 7.52. The molecule has 2 fully saturated rings. The fourth-order valence-corrected chi connectivity index (χ4v) is 2.97. The second-order valence-electron chi connectivity index (χ2n) is 3.73. The Hall–Kier alpha value is -0.260. The molecule has 0 aromatic heterocycles. The van der Waals surface area contributed by atoms with Gasteiger partial charge in [-0.15, -0.1) is 11.8 Å². The molecule has 2 rings (SSSR count). The number of ether oxygens (including phenoxy) is 2. The third-order valence-corrected chi connectivity index (χ3v) is 3.55. The minimum Gasteiger partial charge on any atom is -0.480 e. The molecule has 0 aromatic rings. The first-order chi connectivity index (χ1) is 5.99. The molecule has 0 unspecified atom stereocenters. The van der Waals surface area contributed by atoms with Crippen molar-refractivity contribution in [2.24, 2.45) is 0 Å². The largest absolute Gasteiger partial charge is 0.480 e. The second-order valence-corrected chi connectivity index (χ2v) is 4.91. The molecule has 0 amide bonds. The van der Waals surface area contributed by atoms with Gasteiger partial charge in [-0.1, -0.05) is 0 Å². The van der Waals surface area contributed by atoms with Crippen LogP contribution in [0.25, 0.3) is 0 Å². The average molecular weight is 204 g/mol. The Balaban J connectivity index is 2.12. The first-order valence-electron chi connectivity index (χ1n) is 4.20. The van der Waals surface area contributed by atoms with Crippen LogP contribution in [0.5, 0.6) is 0 Å². The number of thioether (sulfide) groups is 1. The molecule has 74 valence electrons. The van der Waals surface area contributed by atoms with Gasteiger partial charge in [0.15, 0.2) is 5.79 Å². The van der Waals surface area contributed by atoms with Gasteiger partial charge in [0.2, 0.25) is 0 Å². The molecule has 0 aliphatic carbocycles. The molecule has 2 heterocycles. The van der Waals surface area contributed by atoms with Gasteiger partial charge in [0.1, 0.15) is 11.4 Å².